The molecule has 0 radical (unpaired) electrons. The molecule has 0 aliphatic heterocycles. The number of carbonyl (C=O) groups excluding carboxylic acids is 2. The summed E-state index contributed by atoms with van der Waals surface area (Å²) in [6.07, 6.45) is 3.84. The first-order chi connectivity index (χ1) is 9.08. The predicted molar refractivity (Wildman–Crippen MR) is 64.3 cm³/mol. The Kier molecular flexibility index (Phi) is 5.86. The van der Waals surface area contributed by atoms with Crippen LogP contribution in [-0.4, -0.2) is 52.6 Å². The lowest BCUT2D eigenvalue weighted by Crippen LogP contribution is -2.43. The third kappa shape index (κ3) is 6.66. The number of H-pyrrole nitrogens is 1. The third-order valence-corrected chi connectivity index (χ3v) is 2.05. The smallest absolute Gasteiger partial charge is 0.322 e. The fourth-order valence-electron chi connectivity index (χ4n) is 1.19. The lowest BCUT2D eigenvalue weighted by Gasteiger charge is -2.06. The highest BCUT2D eigenvalue weighted by molar-refractivity contribution is 5.86. The Morgan fingerprint density at radius 2 is 2.00 bits per heavy atom. The zero-order chi connectivity index (χ0) is 14.1. The summed E-state index contributed by atoms with van der Waals surface area (Å²) in [6, 6.07) is -0.503. The maximum atomic E-state index is 11.3. The van der Waals surface area contributed by atoms with Gasteiger partial charge in [-0.2, -0.15) is 0 Å². The van der Waals surface area contributed by atoms with Crippen LogP contribution in [0.3, 0.4) is 0 Å². The Balaban J connectivity index is 2.07. The van der Waals surface area contributed by atoms with Gasteiger partial charge in [-0.3, -0.25) is 9.59 Å². The van der Waals surface area contributed by atoms with Gasteiger partial charge in [-0.05, 0) is 0 Å². The first-order valence-electron chi connectivity index (χ1n) is 5.56. The quantitative estimate of drug-likeness (QED) is 0.408. The summed E-state index contributed by atoms with van der Waals surface area (Å²) in [6.45, 7) is -0.378. The number of aromatic amines is 1. The van der Waals surface area contributed by atoms with Gasteiger partial charge in [0.2, 0.25) is 5.91 Å². The van der Waals surface area contributed by atoms with Gasteiger partial charge in [0.25, 0.3) is 0 Å². The fourth-order valence-corrected chi connectivity index (χ4v) is 1.19. The summed E-state index contributed by atoms with van der Waals surface area (Å²) < 4.78 is 0. The van der Waals surface area contributed by atoms with Crippen LogP contribution in [-0.2, 0) is 16.0 Å². The molecule has 0 fully saturated rings. The number of rotatable bonds is 7. The van der Waals surface area contributed by atoms with Gasteiger partial charge in [0.1, 0.15) is 12.4 Å². The molecule has 1 aromatic heterocycles. The van der Waals surface area contributed by atoms with Gasteiger partial charge in [-0.1, -0.05) is 0 Å². The van der Waals surface area contributed by atoms with E-state index < -0.39 is 24.5 Å². The average Bonchev–Trinajstić information content (AvgIpc) is 2.87. The molecular weight excluding hydrogens is 254 g/mol. The Labute approximate surface area is 108 Å². The number of imidazole rings is 1. The standard InChI is InChI=1S/C10H15N5O4/c16-8(14-6-9(17)18)5-15-10(19)13-2-1-7-11-3-4-12-7/h3-4H,1-2,5-6H2,(H,11,12)(H,14,16)(H,17,18)(H2,13,15,19). The van der Waals surface area contributed by atoms with Gasteiger partial charge in [-0.25, -0.2) is 9.78 Å². The minimum Gasteiger partial charge on any atom is -0.480 e. The van der Waals surface area contributed by atoms with Crippen LogP contribution in [0.5, 0.6) is 0 Å². The molecule has 1 heterocycles. The number of nitrogens with zero attached hydrogens (tertiary/aromatic N) is 1. The Bertz CT molecular complexity index is 431. The number of urea groups is 1. The van der Waals surface area contributed by atoms with E-state index >= 15 is 0 Å². The molecule has 0 bridgehead atoms. The zero-order valence-corrected chi connectivity index (χ0v) is 10.1. The van der Waals surface area contributed by atoms with Crippen LogP contribution in [0.1, 0.15) is 5.82 Å². The number of amides is 3. The van der Waals surface area contributed by atoms with Crippen LogP contribution in [0.25, 0.3) is 0 Å². The molecule has 9 heteroatoms. The Morgan fingerprint density at radius 1 is 1.21 bits per heavy atom. The second-order valence-corrected chi connectivity index (χ2v) is 3.57. The van der Waals surface area contributed by atoms with E-state index in [9.17, 15) is 14.4 Å². The second kappa shape index (κ2) is 7.69. The van der Waals surface area contributed by atoms with Gasteiger partial charge < -0.3 is 26.0 Å². The van der Waals surface area contributed by atoms with Crippen LogP contribution >= 0.6 is 0 Å². The lowest BCUT2D eigenvalue weighted by atomic mass is 10.4. The van der Waals surface area contributed by atoms with Crippen molar-refractivity contribution in [2.75, 3.05) is 19.6 Å². The van der Waals surface area contributed by atoms with E-state index in [0.29, 0.717) is 13.0 Å². The number of aromatic nitrogens is 2. The molecule has 1 rings (SSSR count). The minimum absolute atomic E-state index is 0.278. The van der Waals surface area contributed by atoms with Crippen molar-refractivity contribution in [2.45, 2.75) is 6.42 Å². The number of aliphatic carboxylic acids is 1. The average molecular weight is 269 g/mol. The van der Waals surface area contributed by atoms with Crippen molar-refractivity contribution < 1.29 is 19.5 Å². The summed E-state index contributed by atoms with van der Waals surface area (Å²) in [5.74, 6) is -0.959. The Morgan fingerprint density at radius 3 is 2.63 bits per heavy atom. The Hall–Kier alpha value is -2.58. The van der Waals surface area contributed by atoms with Crippen molar-refractivity contribution in [1.82, 2.24) is 25.9 Å². The maximum Gasteiger partial charge on any atom is 0.322 e. The molecule has 0 spiro atoms. The van der Waals surface area contributed by atoms with Crippen LogP contribution < -0.4 is 16.0 Å². The number of hydrogen-bond acceptors (Lipinski definition) is 4. The molecule has 0 atom stereocenters. The van der Waals surface area contributed by atoms with E-state index in [0.717, 1.165) is 5.82 Å². The molecule has 9 nitrogen and oxygen atoms in total. The van der Waals surface area contributed by atoms with Crippen molar-refractivity contribution in [3.05, 3.63) is 18.2 Å². The van der Waals surface area contributed by atoms with Crippen LogP contribution in [0.15, 0.2) is 12.4 Å². The number of carboxylic acids is 1. The number of nitrogens with one attached hydrogen (secondary N) is 4. The summed E-state index contributed by atoms with van der Waals surface area (Å²) in [7, 11) is 0. The normalized spacial score (nSPS) is 9.68. The van der Waals surface area contributed by atoms with Gasteiger partial charge in [0, 0.05) is 25.4 Å². The third-order valence-electron chi connectivity index (χ3n) is 2.05. The summed E-state index contributed by atoms with van der Waals surface area (Å²) in [5.41, 5.74) is 0. The first kappa shape index (κ1) is 14.5. The van der Waals surface area contributed by atoms with Gasteiger partial charge in [0.15, 0.2) is 0 Å². The highest BCUT2D eigenvalue weighted by atomic mass is 16.4. The SMILES string of the molecule is O=C(O)CNC(=O)CNC(=O)NCCc1ncc[nH]1. The summed E-state index contributed by atoms with van der Waals surface area (Å²) in [5, 5.41) is 15.3. The van der Waals surface area contributed by atoms with E-state index in [2.05, 4.69) is 25.9 Å². The molecule has 0 unspecified atom stereocenters. The van der Waals surface area contributed by atoms with Crippen LogP contribution in [0.4, 0.5) is 4.79 Å². The van der Waals surface area contributed by atoms with Gasteiger partial charge in [-0.15, -0.1) is 0 Å². The molecule has 19 heavy (non-hydrogen) atoms. The van der Waals surface area contributed by atoms with Gasteiger partial charge >= 0.3 is 12.0 Å². The molecule has 0 saturated heterocycles. The van der Waals surface area contributed by atoms with Crippen molar-refractivity contribution >= 4 is 17.9 Å². The van der Waals surface area contributed by atoms with E-state index in [-0.39, 0.29) is 6.54 Å². The molecule has 0 saturated carbocycles. The molecular formula is C10H15N5O4. The largest absolute Gasteiger partial charge is 0.480 e. The lowest BCUT2D eigenvalue weighted by molar-refractivity contribution is -0.137. The number of carbonyl (C=O) groups is 3. The molecule has 0 aliphatic rings. The van der Waals surface area contributed by atoms with Crippen molar-refractivity contribution in [3.8, 4) is 0 Å². The predicted octanol–water partition coefficient (Wildman–Crippen LogP) is -1.55. The molecule has 5 N–H and O–H groups in total. The van der Waals surface area contributed by atoms with Crippen molar-refractivity contribution in [3.63, 3.8) is 0 Å². The van der Waals surface area contributed by atoms with E-state index in [1.807, 2.05) is 0 Å². The van der Waals surface area contributed by atoms with Crippen molar-refractivity contribution in [2.24, 2.45) is 0 Å². The number of carboxylic acid groups (broad SMARTS) is 1. The highest BCUT2D eigenvalue weighted by Crippen LogP contribution is 1.87. The summed E-state index contributed by atoms with van der Waals surface area (Å²) >= 11 is 0. The van der Waals surface area contributed by atoms with Crippen LogP contribution in [0.2, 0.25) is 0 Å². The molecule has 3 amide bonds. The highest BCUT2D eigenvalue weighted by Gasteiger charge is 2.06. The van der Waals surface area contributed by atoms with Crippen molar-refractivity contribution in [1.29, 1.82) is 0 Å². The molecule has 0 aromatic carbocycles. The van der Waals surface area contributed by atoms with Crippen LogP contribution in [0, 0.1) is 0 Å². The second-order valence-electron chi connectivity index (χ2n) is 3.57. The van der Waals surface area contributed by atoms with E-state index in [1.54, 1.807) is 12.4 Å². The minimum atomic E-state index is -1.14. The fraction of sp³-hybridized carbons (Fsp3) is 0.400. The number of hydrogen-bond donors (Lipinski definition) is 5. The molecule has 1 aromatic rings. The van der Waals surface area contributed by atoms with E-state index in [1.165, 1.54) is 0 Å². The first-order valence-corrected chi connectivity index (χ1v) is 5.56. The zero-order valence-electron chi connectivity index (χ0n) is 10.1. The maximum absolute atomic E-state index is 11.3. The van der Waals surface area contributed by atoms with Gasteiger partial charge in [0.05, 0.1) is 6.54 Å². The topological polar surface area (TPSA) is 136 Å². The molecule has 0 aliphatic carbocycles. The van der Waals surface area contributed by atoms with E-state index in [4.69, 9.17) is 5.11 Å². The molecule has 104 valence electrons. The summed E-state index contributed by atoms with van der Waals surface area (Å²) in [4.78, 5) is 39.4. The monoisotopic (exact) mass is 269 g/mol.